The summed E-state index contributed by atoms with van der Waals surface area (Å²) in [7, 11) is 0. The zero-order chi connectivity index (χ0) is 14.0. The van der Waals surface area contributed by atoms with Crippen molar-refractivity contribution in [3.8, 4) is 0 Å². The molecule has 0 spiro atoms. The Morgan fingerprint density at radius 2 is 2.16 bits per heavy atom. The van der Waals surface area contributed by atoms with Gasteiger partial charge >= 0.3 is 6.18 Å². The molecule has 1 heterocycles. The highest BCUT2D eigenvalue weighted by Crippen LogP contribution is 2.28. The average molecular weight is 277 g/mol. The van der Waals surface area contributed by atoms with Gasteiger partial charge in [0, 0.05) is 12.6 Å². The number of alkyl halides is 3. The Hall–Kier alpha value is -1.60. The second kappa shape index (κ2) is 5.18. The summed E-state index contributed by atoms with van der Waals surface area (Å²) in [5.41, 5.74) is 0. The molecule has 2 rings (SSSR count). The zero-order valence-corrected chi connectivity index (χ0v) is 10.4. The summed E-state index contributed by atoms with van der Waals surface area (Å²) in [6, 6.07) is 0.220. The van der Waals surface area contributed by atoms with Crippen molar-refractivity contribution < 1.29 is 22.5 Å². The maximum atomic E-state index is 12.3. The first kappa shape index (κ1) is 13.8. The molecule has 1 aromatic heterocycles. The summed E-state index contributed by atoms with van der Waals surface area (Å²) in [4.78, 5) is 16.8. The Balaban J connectivity index is 1.99. The highest BCUT2D eigenvalue weighted by Gasteiger charge is 2.38. The van der Waals surface area contributed by atoms with Crippen molar-refractivity contribution in [3.05, 3.63) is 11.7 Å². The minimum absolute atomic E-state index is 0.220. The first-order chi connectivity index (χ1) is 8.91. The minimum atomic E-state index is -4.65. The Morgan fingerprint density at radius 1 is 1.47 bits per heavy atom. The van der Waals surface area contributed by atoms with Crippen molar-refractivity contribution in [2.45, 2.75) is 44.8 Å². The van der Waals surface area contributed by atoms with E-state index in [0.29, 0.717) is 6.54 Å². The molecule has 0 bridgehead atoms. The molecule has 5 nitrogen and oxygen atoms in total. The van der Waals surface area contributed by atoms with E-state index in [2.05, 4.69) is 14.7 Å². The van der Waals surface area contributed by atoms with Gasteiger partial charge in [-0.1, -0.05) is 12.1 Å². The molecule has 106 valence electrons. The fourth-order valence-electron chi connectivity index (χ4n) is 1.81. The van der Waals surface area contributed by atoms with Crippen LogP contribution in [-0.4, -0.2) is 33.5 Å². The third-order valence-corrected chi connectivity index (χ3v) is 2.80. The molecule has 1 aliphatic rings. The van der Waals surface area contributed by atoms with Gasteiger partial charge < -0.3 is 9.42 Å². The minimum Gasteiger partial charge on any atom is -0.339 e. The van der Waals surface area contributed by atoms with E-state index in [1.807, 2.05) is 6.92 Å². The van der Waals surface area contributed by atoms with Crippen LogP contribution in [0.2, 0.25) is 0 Å². The molecule has 0 aromatic carbocycles. The van der Waals surface area contributed by atoms with Gasteiger partial charge in [-0.15, -0.1) is 0 Å². The molecule has 1 fully saturated rings. The lowest BCUT2D eigenvalue weighted by molar-refractivity contribution is -0.146. The molecule has 0 unspecified atom stereocenters. The summed E-state index contributed by atoms with van der Waals surface area (Å²) < 4.78 is 41.3. The maximum absolute atomic E-state index is 12.3. The van der Waals surface area contributed by atoms with Gasteiger partial charge in [-0.25, -0.2) is 0 Å². The van der Waals surface area contributed by atoms with Crippen LogP contribution in [0.1, 0.15) is 37.9 Å². The number of hydrogen-bond acceptors (Lipinski definition) is 4. The summed E-state index contributed by atoms with van der Waals surface area (Å²) in [5.74, 6) is -1.90. The van der Waals surface area contributed by atoms with Crippen LogP contribution < -0.4 is 0 Å². The fraction of sp³-hybridized carbons (Fsp3) is 0.727. The van der Waals surface area contributed by atoms with Crippen molar-refractivity contribution in [2.75, 3.05) is 6.54 Å². The van der Waals surface area contributed by atoms with Crippen LogP contribution in [0.15, 0.2) is 4.52 Å². The van der Waals surface area contributed by atoms with Crippen LogP contribution >= 0.6 is 0 Å². The fourth-order valence-corrected chi connectivity index (χ4v) is 1.81. The number of amides is 1. The van der Waals surface area contributed by atoms with Gasteiger partial charge in [-0.2, -0.15) is 18.2 Å². The largest absolute Gasteiger partial charge is 0.455 e. The standard InChI is InChI=1S/C11H14F3N3O2/c1-2-5-17(7-3-4-7)9(18)6-8-15-10(16-19-8)11(12,13)14/h7H,2-6H2,1H3. The lowest BCUT2D eigenvalue weighted by Gasteiger charge is -2.20. The molecule has 1 aliphatic carbocycles. The first-order valence-corrected chi connectivity index (χ1v) is 6.11. The van der Waals surface area contributed by atoms with E-state index in [0.717, 1.165) is 19.3 Å². The summed E-state index contributed by atoms with van der Waals surface area (Å²) in [6.07, 6.45) is -2.23. The van der Waals surface area contributed by atoms with Crippen molar-refractivity contribution in [2.24, 2.45) is 0 Å². The summed E-state index contributed by atoms with van der Waals surface area (Å²) in [5, 5.41) is 2.82. The normalized spacial score (nSPS) is 15.6. The number of carbonyl (C=O) groups excluding carboxylic acids is 1. The quantitative estimate of drug-likeness (QED) is 0.826. The monoisotopic (exact) mass is 277 g/mol. The SMILES string of the molecule is CCCN(C(=O)Cc1nc(C(F)(F)F)no1)C1CC1. The van der Waals surface area contributed by atoms with Crippen LogP contribution in [0.4, 0.5) is 13.2 Å². The molecular formula is C11H14F3N3O2. The van der Waals surface area contributed by atoms with E-state index < -0.39 is 12.0 Å². The van der Waals surface area contributed by atoms with E-state index in [1.165, 1.54) is 0 Å². The zero-order valence-electron chi connectivity index (χ0n) is 10.4. The molecule has 0 N–H and O–H groups in total. The van der Waals surface area contributed by atoms with Crippen LogP contribution in [0.25, 0.3) is 0 Å². The molecule has 19 heavy (non-hydrogen) atoms. The topological polar surface area (TPSA) is 59.2 Å². The van der Waals surface area contributed by atoms with Crippen LogP contribution in [0.3, 0.4) is 0 Å². The second-order valence-electron chi connectivity index (χ2n) is 4.50. The average Bonchev–Trinajstić information content (AvgIpc) is 3.03. The lowest BCUT2D eigenvalue weighted by atomic mass is 10.3. The van der Waals surface area contributed by atoms with Crippen LogP contribution in [0, 0.1) is 0 Å². The number of rotatable bonds is 5. The van der Waals surface area contributed by atoms with Crippen molar-refractivity contribution in [1.82, 2.24) is 15.0 Å². The van der Waals surface area contributed by atoms with Crippen LogP contribution in [0.5, 0.6) is 0 Å². The molecule has 1 saturated carbocycles. The molecule has 0 aliphatic heterocycles. The maximum Gasteiger partial charge on any atom is 0.455 e. The smallest absolute Gasteiger partial charge is 0.339 e. The third kappa shape index (κ3) is 3.45. The van der Waals surface area contributed by atoms with Gasteiger partial charge in [0.15, 0.2) is 0 Å². The van der Waals surface area contributed by atoms with E-state index in [-0.39, 0.29) is 24.3 Å². The first-order valence-electron chi connectivity index (χ1n) is 6.11. The highest BCUT2D eigenvalue weighted by atomic mass is 19.4. The van der Waals surface area contributed by atoms with Crippen molar-refractivity contribution in [1.29, 1.82) is 0 Å². The van der Waals surface area contributed by atoms with Crippen LogP contribution in [-0.2, 0) is 17.4 Å². The Morgan fingerprint density at radius 3 is 2.63 bits per heavy atom. The Kier molecular flexibility index (Phi) is 3.77. The Labute approximate surface area is 107 Å². The number of carbonyl (C=O) groups is 1. The van der Waals surface area contributed by atoms with E-state index in [9.17, 15) is 18.0 Å². The van der Waals surface area contributed by atoms with Gasteiger partial charge in [0.25, 0.3) is 5.82 Å². The van der Waals surface area contributed by atoms with Crippen molar-refractivity contribution >= 4 is 5.91 Å². The highest BCUT2D eigenvalue weighted by molar-refractivity contribution is 5.78. The third-order valence-electron chi connectivity index (χ3n) is 2.80. The predicted molar refractivity (Wildman–Crippen MR) is 58.0 cm³/mol. The summed E-state index contributed by atoms with van der Waals surface area (Å²) >= 11 is 0. The van der Waals surface area contributed by atoms with Gasteiger partial charge in [-0.05, 0) is 19.3 Å². The number of nitrogens with zero attached hydrogens (tertiary/aromatic N) is 3. The lowest BCUT2D eigenvalue weighted by Crippen LogP contribution is -2.35. The molecular weight excluding hydrogens is 263 g/mol. The molecule has 0 radical (unpaired) electrons. The van der Waals surface area contributed by atoms with Gasteiger partial charge in [0.1, 0.15) is 6.42 Å². The number of hydrogen-bond donors (Lipinski definition) is 0. The van der Waals surface area contributed by atoms with E-state index in [4.69, 9.17) is 0 Å². The molecule has 1 aromatic rings. The number of aromatic nitrogens is 2. The number of halogens is 3. The molecule has 0 atom stereocenters. The van der Waals surface area contributed by atoms with Gasteiger partial charge in [0.05, 0.1) is 0 Å². The summed E-state index contributed by atoms with van der Waals surface area (Å²) in [6.45, 7) is 2.54. The van der Waals surface area contributed by atoms with Gasteiger partial charge in [0.2, 0.25) is 11.8 Å². The Bertz CT molecular complexity index is 454. The predicted octanol–water partition coefficient (Wildman–Crippen LogP) is 2.03. The van der Waals surface area contributed by atoms with Gasteiger partial charge in [-0.3, -0.25) is 4.79 Å². The molecule has 1 amide bonds. The van der Waals surface area contributed by atoms with E-state index in [1.54, 1.807) is 4.90 Å². The molecule has 8 heteroatoms. The second-order valence-corrected chi connectivity index (χ2v) is 4.50. The van der Waals surface area contributed by atoms with Crippen molar-refractivity contribution in [3.63, 3.8) is 0 Å². The molecule has 0 saturated heterocycles. The van der Waals surface area contributed by atoms with E-state index >= 15 is 0 Å².